The Balaban J connectivity index is 0.00000144. The van der Waals surface area contributed by atoms with Gasteiger partial charge in [0.2, 0.25) is 0 Å². The van der Waals surface area contributed by atoms with Crippen LogP contribution in [0, 0.1) is 0 Å². The third kappa shape index (κ3) is 4.36. The van der Waals surface area contributed by atoms with E-state index in [9.17, 15) is 0 Å². The summed E-state index contributed by atoms with van der Waals surface area (Å²) in [6, 6.07) is 10.1. The highest BCUT2D eigenvalue weighted by atomic mass is 79.9. The van der Waals surface area contributed by atoms with E-state index in [1.54, 1.807) is 0 Å². The lowest BCUT2D eigenvalue weighted by molar-refractivity contribution is 0.824. The molecule has 0 aliphatic carbocycles. The number of rotatable bonds is 3. The molecule has 2 nitrogen and oxygen atoms in total. The summed E-state index contributed by atoms with van der Waals surface area (Å²) in [5, 5.41) is 0. The first-order valence-corrected chi connectivity index (χ1v) is 5.00. The van der Waals surface area contributed by atoms with E-state index in [0.717, 1.165) is 6.42 Å². The molecule has 0 amide bonds. The van der Waals surface area contributed by atoms with Crippen molar-refractivity contribution in [3.05, 3.63) is 35.9 Å². The van der Waals surface area contributed by atoms with Crippen molar-refractivity contribution in [2.24, 2.45) is 5.73 Å². The van der Waals surface area contributed by atoms with Gasteiger partial charge in [0.25, 0.3) is 0 Å². The van der Waals surface area contributed by atoms with Crippen molar-refractivity contribution in [1.29, 1.82) is 0 Å². The van der Waals surface area contributed by atoms with Crippen molar-refractivity contribution in [1.82, 2.24) is 0 Å². The molecule has 1 unspecified atom stereocenters. The van der Waals surface area contributed by atoms with Crippen molar-refractivity contribution in [2.75, 3.05) is 0 Å². The van der Waals surface area contributed by atoms with Gasteiger partial charge in [-0.05, 0) is 12.0 Å². The molecular weight excluding hydrogens is 250 g/mol. The van der Waals surface area contributed by atoms with Crippen LogP contribution in [-0.2, 0) is 6.42 Å². The van der Waals surface area contributed by atoms with Crippen LogP contribution in [0.25, 0.3) is 0 Å². The van der Waals surface area contributed by atoms with Crippen LogP contribution >= 0.6 is 28.1 Å². The molecule has 1 atom stereocenters. The van der Waals surface area contributed by atoms with Crippen LogP contribution < -0.4 is 5.73 Å². The molecule has 0 aromatic heterocycles. The molecule has 0 aliphatic heterocycles. The molecule has 0 radical (unpaired) electrons. The summed E-state index contributed by atoms with van der Waals surface area (Å²) in [5.41, 5.74) is 6.71. The van der Waals surface area contributed by atoms with Gasteiger partial charge in [-0.1, -0.05) is 58.5 Å². The molecule has 1 rings (SSSR count). The smallest absolute Gasteiger partial charge is 0.0869 e. The van der Waals surface area contributed by atoms with E-state index < -0.39 is 0 Å². The van der Waals surface area contributed by atoms with Crippen LogP contribution in [0.5, 0.6) is 0 Å². The Morgan fingerprint density at radius 3 is 2.38 bits per heavy atom. The fourth-order valence-corrected chi connectivity index (χ4v) is 1.38. The fraction of sp³-hybridized carbons (Fsp3) is 0.222. The van der Waals surface area contributed by atoms with Crippen molar-refractivity contribution >= 4 is 33.1 Å². The second-order valence-corrected chi connectivity index (χ2v) is 4.14. The Morgan fingerprint density at radius 1 is 1.38 bits per heavy atom. The molecule has 1 aromatic carbocycles. The third-order valence-corrected chi connectivity index (χ3v) is 2.97. The van der Waals surface area contributed by atoms with Crippen molar-refractivity contribution in [3.63, 3.8) is 0 Å². The summed E-state index contributed by atoms with van der Waals surface area (Å²) in [6.45, 7) is 0. The topological polar surface area (TPSA) is 57.5 Å². The molecule has 4 N–H and O–H groups in total. The van der Waals surface area contributed by atoms with E-state index in [0.29, 0.717) is 4.99 Å². The maximum absolute atomic E-state index is 5.47. The summed E-state index contributed by atoms with van der Waals surface area (Å²) in [7, 11) is 0. The molecule has 0 saturated carbocycles. The van der Waals surface area contributed by atoms with Crippen molar-refractivity contribution in [3.8, 4) is 0 Å². The average Bonchev–Trinajstić information content (AvgIpc) is 2.06. The quantitative estimate of drug-likeness (QED) is 0.662. The van der Waals surface area contributed by atoms with E-state index >= 15 is 0 Å². The monoisotopic (exact) mass is 261 g/mol. The van der Waals surface area contributed by atoms with Gasteiger partial charge in [0, 0.05) is 0 Å². The summed E-state index contributed by atoms with van der Waals surface area (Å²) >= 11 is 8.26. The third-order valence-electron chi connectivity index (χ3n) is 1.57. The normalized spacial score (nSPS) is 11.5. The van der Waals surface area contributed by atoms with Crippen molar-refractivity contribution in [2.45, 2.75) is 11.2 Å². The number of benzene rings is 1. The molecule has 0 bridgehead atoms. The van der Waals surface area contributed by atoms with Crippen LogP contribution in [0.2, 0.25) is 0 Å². The number of thiocarbonyl (C=S) groups is 1. The zero-order chi connectivity index (χ0) is 8.97. The van der Waals surface area contributed by atoms with Gasteiger partial charge in [0.15, 0.2) is 0 Å². The van der Waals surface area contributed by atoms with Crippen LogP contribution in [0.3, 0.4) is 0 Å². The second kappa shape index (κ2) is 6.07. The summed E-state index contributed by atoms with van der Waals surface area (Å²) < 4.78 is 0. The van der Waals surface area contributed by atoms with E-state index in [1.807, 2.05) is 18.2 Å². The van der Waals surface area contributed by atoms with Crippen molar-refractivity contribution < 1.29 is 5.48 Å². The lowest BCUT2D eigenvalue weighted by Gasteiger charge is -2.06. The van der Waals surface area contributed by atoms with Gasteiger partial charge in [0.05, 0.1) is 9.82 Å². The number of hydrogen-bond donors (Lipinski definition) is 1. The standard InChI is InChI=1S/C9H10BrNS.H2O/c10-8(9(11)12)6-7-4-2-1-3-5-7;/h1-5,8H,6H2,(H2,11,12);1H2. The van der Waals surface area contributed by atoms with Gasteiger partial charge >= 0.3 is 0 Å². The van der Waals surface area contributed by atoms with E-state index in [1.165, 1.54) is 5.56 Å². The number of hydrogen-bond acceptors (Lipinski definition) is 1. The number of alkyl halides is 1. The molecule has 0 saturated heterocycles. The molecule has 72 valence electrons. The average molecular weight is 262 g/mol. The first kappa shape index (κ1) is 12.6. The Kier molecular flexibility index (Phi) is 5.86. The molecule has 4 heteroatoms. The van der Waals surface area contributed by atoms with Gasteiger partial charge in [-0.2, -0.15) is 0 Å². The highest BCUT2D eigenvalue weighted by molar-refractivity contribution is 9.10. The number of nitrogens with two attached hydrogens (primary N) is 1. The number of halogens is 1. The largest absolute Gasteiger partial charge is 0.412 e. The molecule has 0 fully saturated rings. The van der Waals surface area contributed by atoms with Crippen LogP contribution in [-0.4, -0.2) is 15.3 Å². The van der Waals surface area contributed by atoms with Crippen LogP contribution in [0.1, 0.15) is 5.56 Å². The highest BCUT2D eigenvalue weighted by Gasteiger charge is 2.06. The summed E-state index contributed by atoms with van der Waals surface area (Å²) in [6.07, 6.45) is 0.857. The van der Waals surface area contributed by atoms with Gasteiger partial charge in [-0.15, -0.1) is 0 Å². The van der Waals surface area contributed by atoms with E-state index in [2.05, 4.69) is 28.1 Å². The predicted molar refractivity (Wildman–Crippen MR) is 63.3 cm³/mol. The molecule has 0 spiro atoms. The zero-order valence-electron chi connectivity index (χ0n) is 7.03. The summed E-state index contributed by atoms with van der Waals surface area (Å²) in [5.74, 6) is 0. The molecule has 13 heavy (non-hydrogen) atoms. The Labute approximate surface area is 91.6 Å². The molecule has 1 aromatic rings. The Hall–Kier alpha value is -0.450. The van der Waals surface area contributed by atoms with E-state index in [-0.39, 0.29) is 10.3 Å². The van der Waals surface area contributed by atoms with Crippen LogP contribution in [0.4, 0.5) is 0 Å². The predicted octanol–water partition coefficient (Wildman–Crippen LogP) is 1.45. The van der Waals surface area contributed by atoms with Gasteiger partial charge in [0.1, 0.15) is 0 Å². The lowest BCUT2D eigenvalue weighted by Crippen LogP contribution is -2.22. The molecular formula is C9H12BrNOS. The van der Waals surface area contributed by atoms with Gasteiger partial charge in [-0.25, -0.2) is 0 Å². The Bertz CT molecular complexity index is 266. The van der Waals surface area contributed by atoms with Crippen LogP contribution in [0.15, 0.2) is 30.3 Å². The minimum atomic E-state index is 0. The van der Waals surface area contributed by atoms with Gasteiger partial charge in [-0.3, -0.25) is 0 Å². The first-order valence-electron chi connectivity index (χ1n) is 3.67. The lowest BCUT2D eigenvalue weighted by atomic mass is 10.1. The zero-order valence-corrected chi connectivity index (χ0v) is 9.44. The molecule has 0 heterocycles. The maximum atomic E-state index is 5.47. The van der Waals surface area contributed by atoms with E-state index in [4.69, 9.17) is 18.0 Å². The highest BCUT2D eigenvalue weighted by Crippen LogP contribution is 2.09. The maximum Gasteiger partial charge on any atom is 0.0869 e. The molecule has 0 aliphatic rings. The SMILES string of the molecule is NC(=S)C(Br)Cc1ccccc1.O. The minimum Gasteiger partial charge on any atom is -0.412 e. The second-order valence-electron chi connectivity index (χ2n) is 2.56. The Morgan fingerprint density at radius 2 is 1.92 bits per heavy atom. The first-order chi connectivity index (χ1) is 5.70. The van der Waals surface area contributed by atoms with Gasteiger partial charge < -0.3 is 11.2 Å². The fourth-order valence-electron chi connectivity index (χ4n) is 0.922. The minimum absolute atomic E-state index is 0. The summed E-state index contributed by atoms with van der Waals surface area (Å²) in [4.78, 5) is 0.619.